The first-order chi connectivity index (χ1) is 8.54. The summed E-state index contributed by atoms with van der Waals surface area (Å²) < 4.78 is 12.4. The molecule has 0 bridgehead atoms. The first-order valence-corrected chi connectivity index (χ1v) is 7.08. The molecule has 0 aliphatic heterocycles. The second kappa shape index (κ2) is 7.89. The summed E-state index contributed by atoms with van der Waals surface area (Å²) >= 11 is 3.42. The lowest BCUT2D eigenvalue weighted by Gasteiger charge is -2.25. The van der Waals surface area contributed by atoms with Crippen LogP contribution in [0.1, 0.15) is 32.4 Å². The van der Waals surface area contributed by atoms with E-state index in [4.69, 9.17) is 15.2 Å². The molecule has 0 heterocycles. The highest BCUT2D eigenvalue weighted by atomic mass is 79.9. The lowest BCUT2D eigenvalue weighted by Crippen LogP contribution is -2.31. The van der Waals surface area contributed by atoms with E-state index in [0.717, 1.165) is 10.0 Å². The van der Waals surface area contributed by atoms with E-state index in [1.807, 2.05) is 45.0 Å². The highest BCUT2D eigenvalue weighted by Gasteiger charge is 2.19. The van der Waals surface area contributed by atoms with Gasteiger partial charge in [0.1, 0.15) is 0 Å². The lowest BCUT2D eigenvalue weighted by atomic mass is 10.0. The van der Waals surface area contributed by atoms with Crippen LogP contribution in [-0.4, -0.2) is 25.4 Å². The Balaban J connectivity index is 2.68. The number of hydrogen-bond donors (Lipinski definition) is 1. The number of ether oxygens (including phenoxy) is 2. The maximum Gasteiger partial charge on any atom is 0.0977 e. The predicted octanol–water partition coefficient (Wildman–Crippen LogP) is 3.28. The number of nitrogens with two attached hydrogens (primary N) is 1. The molecule has 2 N–H and O–H groups in total. The molecule has 4 heteroatoms. The van der Waals surface area contributed by atoms with E-state index < -0.39 is 0 Å². The molecular weight excluding hydrogens is 294 g/mol. The van der Waals surface area contributed by atoms with Gasteiger partial charge in [-0.15, -0.1) is 0 Å². The summed E-state index contributed by atoms with van der Waals surface area (Å²) in [5, 5.41) is 0. The largest absolute Gasteiger partial charge is 0.379 e. The first kappa shape index (κ1) is 15.6. The summed E-state index contributed by atoms with van der Waals surface area (Å²) in [4.78, 5) is 0. The number of rotatable bonds is 7. The molecule has 1 rings (SSSR count). The summed E-state index contributed by atoms with van der Waals surface area (Å²) in [6, 6.07) is 8.01. The fraction of sp³-hybridized carbons (Fsp3) is 0.571. The molecule has 0 radical (unpaired) electrons. The maximum absolute atomic E-state index is 6.01. The zero-order valence-corrected chi connectivity index (χ0v) is 12.8. The van der Waals surface area contributed by atoms with Crippen molar-refractivity contribution in [1.82, 2.24) is 0 Å². The fourth-order valence-corrected chi connectivity index (χ4v) is 2.00. The average molecular weight is 316 g/mol. The summed E-state index contributed by atoms with van der Waals surface area (Å²) in [7, 11) is 0. The Bertz CT molecular complexity index is 340. The van der Waals surface area contributed by atoms with Crippen molar-refractivity contribution in [2.45, 2.75) is 39.0 Å². The molecule has 3 unspecified atom stereocenters. The highest BCUT2D eigenvalue weighted by Crippen LogP contribution is 2.23. The molecule has 0 saturated heterocycles. The van der Waals surface area contributed by atoms with E-state index in [1.165, 1.54) is 0 Å². The van der Waals surface area contributed by atoms with Crippen LogP contribution >= 0.6 is 15.9 Å². The van der Waals surface area contributed by atoms with Crippen molar-refractivity contribution in [2.24, 2.45) is 5.73 Å². The second-order valence-corrected chi connectivity index (χ2v) is 5.35. The van der Waals surface area contributed by atoms with Crippen molar-refractivity contribution in [2.75, 3.05) is 13.2 Å². The molecule has 0 amide bonds. The number of hydrogen-bond acceptors (Lipinski definition) is 3. The van der Waals surface area contributed by atoms with E-state index in [1.54, 1.807) is 0 Å². The lowest BCUT2D eigenvalue weighted by molar-refractivity contribution is -0.0550. The summed E-state index contributed by atoms with van der Waals surface area (Å²) in [5.41, 5.74) is 7.10. The Labute approximate surface area is 118 Å². The van der Waals surface area contributed by atoms with Gasteiger partial charge in [-0.3, -0.25) is 0 Å². The maximum atomic E-state index is 6.01. The first-order valence-electron chi connectivity index (χ1n) is 6.28. The molecule has 3 nitrogen and oxygen atoms in total. The Kier molecular flexibility index (Phi) is 6.86. The molecule has 0 saturated carbocycles. The van der Waals surface area contributed by atoms with Crippen molar-refractivity contribution in [3.63, 3.8) is 0 Å². The molecule has 0 fully saturated rings. The van der Waals surface area contributed by atoms with Crippen LogP contribution < -0.4 is 5.73 Å². The average Bonchev–Trinajstić information content (AvgIpc) is 2.34. The molecule has 0 aliphatic rings. The molecule has 0 aromatic heterocycles. The van der Waals surface area contributed by atoms with Crippen LogP contribution in [-0.2, 0) is 9.47 Å². The third-order valence-corrected chi connectivity index (χ3v) is 3.14. The monoisotopic (exact) mass is 315 g/mol. The van der Waals surface area contributed by atoms with Gasteiger partial charge in [0.25, 0.3) is 0 Å². The van der Waals surface area contributed by atoms with E-state index in [0.29, 0.717) is 13.2 Å². The Morgan fingerprint density at radius 1 is 1.22 bits per heavy atom. The normalized spacial score (nSPS) is 16.3. The summed E-state index contributed by atoms with van der Waals surface area (Å²) in [6.07, 6.45) is -0.0712. The van der Waals surface area contributed by atoms with E-state index >= 15 is 0 Å². The molecule has 18 heavy (non-hydrogen) atoms. The molecular formula is C14H22BrNO2. The van der Waals surface area contributed by atoms with Crippen molar-refractivity contribution in [1.29, 1.82) is 0 Å². The van der Waals surface area contributed by atoms with Crippen molar-refractivity contribution < 1.29 is 9.47 Å². The van der Waals surface area contributed by atoms with Crippen LogP contribution in [0.4, 0.5) is 0 Å². The topological polar surface area (TPSA) is 44.5 Å². The van der Waals surface area contributed by atoms with Gasteiger partial charge >= 0.3 is 0 Å². The molecule has 0 aliphatic carbocycles. The van der Waals surface area contributed by atoms with Gasteiger partial charge in [0.15, 0.2) is 0 Å². The molecule has 102 valence electrons. The Morgan fingerprint density at radius 2 is 1.83 bits per heavy atom. The Morgan fingerprint density at radius 3 is 2.33 bits per heavy atom. The van der Waals surface area contributed by atoms with Crippen molar-refractivity contribution in [3.05, 3.63) is 34.3 Å². The molecule has 0 spiro atoms. The van der Waals surface area contributed by atoms with Gasteiger partial charge in [-0.25, -0.2) is 0 Å². The zero-order chi connectivity index (χ0) is 13.5. The quantitative estimate of drug-likeness (QED) is 0.839. The van der Waals surface area contributed by atoms with E-state index in [9.17, 15) is 0 Å². The van der Waals surface area contributed by atoms with Gasteiger partial charge in [0.2, 0.25) is 0 Å². The van der Waals surface area contributed by atoms with Gasteiger partial charge in [0.05, 0.1) is 18.8 Å². The standard InChI is InChI=1S/C14H22BrNO2/c1-4-17-9-10(2)18-14(11(3)16)12-5-7-13(15)8-6-12/h5-8,10-11,14H,4,9,16H2,1-3H3. The number of benzene rings is 1. The molecule has 1 aromatic rings. The van der Waals surface area contributed by atoms with Crippen LogP contribution in [0.25, 0.3) is 0 Å². The summed E-state index contributed by atoms with van der Waals surface area (Å²) in [6.45, 7) is 7.24. The minimum atomic E-state index is -0.103. The van der Waals surface area contributed by atoms with Crippen molar-refractivity contribution in [3.8, 4) is 0 Å². The minimum absolute atomic E-state index is 0.0320. The van der Waals surface area contributed by atoms with Gasteiger partial charge in [-0.1, -0.05) is 28.1 Å². The van der Waals surface area contributed by atoms with E-state index in [2.05, 4.69) is 15.9 Å². The Hall–Kier alpha value is -0.420. The minimum Gasteiger partial charge on any atom is -0.379 e. The molecule has 1 aromatic carbocycles. The second-order valence-electron chi connectivity index (χ2n) is 4.44. The fourth-order valence-electron chi connectivity index (χ4n) is 1.73. The third kappa shape index (κ3) is 5.06. The third-order valence-electron chi connectivity index (χ3n) is 2.61. The van der Waals surface area contributed by atoms with Crippen LogP contribution in [0.3, 0.4) is 0 Å². The van der Waals surface area contributed by atoms with Crippen LogP contribution in [0.15, 0.2) is 28.7 Å². The van der Waals surface area contributed by atoms with Gasteiger partial charge < -0.3 is 15.2 Å². The van der Waals surface area contributed by atoms with Gasteiger partial charge in [-0.05, 0) is 38.5 Å². The molecule has 3 atom stereocenters. The van der Waals surface area contributed by atoms with Crippen LogP contribution in [0, 0.1) is 0 Å². The van der Waals surface area contributed by atoms with Gasteiger partial charge in [0, 0.05) is 17.1 Å². The number of halogens is 1. The SMILES string of the molecule is CCOCC(C)OC(c1ccc(Br)cc1)C(C)N. The van der Waals surface area contributed by atoms with Crippen LogP contribution in [0.2, 0.25) is 0 Å². The zero-order valence-electron chi connectivity index (χ0n) is 11.2. The smallest absolute Gasteiger partial charge is 0.0977 e. The van der Waals surface area contributed by atoms with E-state index in [-0.39, 0.29) is 18.2 Å². The van der Waals surface area contributed by atoms with Crippen LogP contribution in [0.5, 0.6) is 0 Å². The van der Waals surface area contributed by atoms with Crippen molar-refractivity contribution >= 4 is 15.9 Å². The predicted molar refractivity (Wildman–Crippen MR) is 77.6 cm³/mol. The van der Waals surface area contributed by atoms with Gasteiger partial charge in [-0.2, -0.15) is 0 Å². The summed E-state index contributed by atoms with van der Waals surface area (Å²) in [5.74, 6) is 0. The highest BCUT2D eigenvalue weighted by molar-refractivity contribution is 9.10.